The molecule has 0 amide bonds. The summed E-state index contributed by atoms with van der Waals surface area (Å²) in [5, 5.41) is 13.4. The van der Waals surface area contributed by atoms with E-state index < -0.39 is 7.26 Å². The first-order valence-electron chi connectivity index (χ1n) is 12.5. The minimum absolute atomic E-state index is 0. The Hall–Kier alpha value is -1.47. The van der Waals surface area contributed by atoms with Crippen LogP contribution in [0.4, 0.5) is 0 Å². The molecular formula is C30H40BrOP. The Labute approximate surface area is 212 Å². The second-order valence-electron chi connectivity index (χ2n) is 8.80. The molecule has 0 heterocycles. The minimum Gasteiger partial charge on any atom is -1.00 e. The summed E-state index contributed by atoms with van der Waals surface area (Å²) in [6.45, 7) is 0.346. The maximum Gasteiger partial charge on any atom is 0.112 e. The van der Waals surface area contributed by atoms with Crippen LogP contribution in [-0.4, -0.2) is 17.9 Å². The van der Waals surface area contributed by atoms with Crippen LogP contribution < -0.4 is 32.9 Å². The number of halogens is 1. The Morgan fingerprint density at radius 3 is 1.06 bits per heavy atom. The highest BCUT2D eigenvalue weighted by Gasteiger charge is 2.44. The molecule has 0 aliphatic heterocycles. The van der Waals surface area contributed by atoms with Crippen molar-refractivity contribution in [1.29, 1.82) is 0 Å². The number of benzene rings is 3. The van der Waals surface area contributed by atoms with Crippen LogP contribution in [0.25, 0.3) is 0 Å². The fraction of sp³-hybridized carbons (Fsp3) is 0.400. The van der Waals surface area contributed by atoms with E-state index in [0.717, 1.165) is 6.42 Å². The van der Waals surface area contributed by atoms with Gasteiger partial charge < -0.3 is 22.1 Å². The van der Waals surface area contributed by atoms with Gasteiger partial charge >= 0.3 is 0 Å². The second-order valence-corrected chi connectivity index (χ2v) is 12.4. The van der Waals surface area contributed by atoms with E-state index in [9.17, 15) is 0 Å². The van der Waals surface area contributed by atoms with Gasteiger partial charge in [0, 0.05) is 6.61 Å². The maximum absolute atomic E-state index is 8.87. The van der Waals surface area contributed by atoms with Gasteiger partial charge in [0.2, 0.25) is 0 Å². The molecule has 0 bridgehead atoms. The predicted octanol–water partition coefficient (Wildman–Crippen LogP) is 3.88. The summed E-state index contributed by atoms with van der Waals surface area (Å²) < 4.78 is 0. The van der Waals surface area contributed by atoms with E-state index in [2.05, 4.69) is 91.0 Å². The molecular weight excluding hydrogens is 487 g/mol. The molecule has 0 saturated heterocycles. The van der Waals surface area contributed by atoms with Gasteiger partial charge in [-0.25, -0.2) is 0 Å². The van der Waals surface area contributed by atoms with Crippen molar-refractivity contribution in [2.75, 3.05) is 12.8 Å². The molecule has 0 unspecified atom stereocenters. The number of rotatable bonds is 15. The molecule has 0 radical (unpaired) electrons. The van der Waals surface area contributed by atoms with Gasteiger partial charge in [-0.3, -0.25) is 0 Å². The van der Waals surface area contributed by atoms with E-state index in [0.29, 0.717) is 6.61 Å². The Kier molecular flexibility index (Phi) is 13.6. The molecule has 0 atom stereocenters. The lowest BCUT2D eigenvalue weighted by atomic mass is 10.1. The molecule has 178 valence electrons. The number of hydrogen-bond donors (Lipinski definition) is 1. The van der Waals surface area contributed by atoms with Crippen molar-refractivity contribution in [3.63, 3.8) is 0 Å². The van der Waals surface area contributed by atoms with Crippen LogP contribution in [-0.2, 0) is 0 Å². The summed E-state index contributed by atoms with van der Waals surface area (Å²) in [6.07, 6.45) is 14.0. The normalized spacial score (nSPS) is 11.2. The zero-order chi connectivity index (χ0) is 22.3. The van der Waals surface area contributed by atoms with E-state index in [-0.39, 0.29) is 17.0 Å². The van der Waals surface area contributed by atoms with E-state index in [1.165, 1.54) is 79.9 Å². The summed E-state index contributed by atoms with van der Waals surface area (Å²) >= 11 is 0. The lowest BCUT2D eigenvalue weighted by Crippen LogP contribution is -3.00. The van der Waals surface area contributed by atoms with Crippen LogP contribution in [0, 0.1) is 0 Å². The summed E-state index contributed by atoms with van der Waals surface area (Å²) in [5.74, 6) is 0. The third-order valence-corrected chi connectivity index (χ3v) is 11.0. The van der Waals surface area contributed by atoms with Crippen LogP contribution in [0.1, 0.15) is 64.2 Å². The van der Waals surface area contributed by atoms with Crippen molar-refractivity contribution in [1.82, 2.24) is 0 Å². The third-order valence-electron chi connectivity index (χ3n) is 6.49. The van der Waals surface area contributed by atoms with Crippen molar-refractivity contribution in [3.05, 3.63) is 91.0 Å². The first kappa shape index (κ1) is 27.8. The average Bonchev–Trinajstić information content (AvgIpc) is 2.87. The standard InChI is InChI=1S/C30H40OP.BrH/c31-26-18-7-5-3-1-2-4-6-8-19-27-32(28-20-12-9-13-21-28,29-22-14-10-15-23-29)30-24-16-11-17-25-30;/h9-17,20-25,31H,1-8,18-19,26-27H2;1H/q+1;/p-1. The van der Waals surface area contributed by atoms with Crippen LogP contribution >= 0.6 is 7.26 Å². The monoisotopic (exact) mass is 526 g/mol. The Morgan fingerprint density at radius 2 is 0.727 bits per heavy atom. The van der Waals surface area contributed by atoms with Gasteiger partial charge in [-0.1, -0.05) is 99.5 Å². The summed E-state index contributed by atoms with van der Waals surface area (Å²) in [6, 6.07) is 33.8. The van der Waals surface area contributed by atoms with Gasteiger partial charge in [-0.15, -0.1) is 0 Å². The van der Waals surface area contributed by atoms with Crippen molar-refractivity contribution < 1.29 is 22.1 Å². The van der Waals surface area contributed by atoms with Crippen LogP contribution in [0.5, 0.6) is 0 Å². The van der Waals surface area contributed by atoms with Crippen molar-refractivity contribution >= 4 is 23.2 Å². The summed E-state index contributed by atoms with van der Waals surface area (Å²) in [5.41, 5.74) is 0. The van der Waals surface area contributed by atoms with Gasteiger partial charge in [-0.2, -0.15) is 0 Å². The molecule has 0 aliphatic carbocycles. The van der Waals surface area contributed by atoms with E-state index >= 15 is 0 Å². The van der Waals surface area contributed by atoms with E-state index in [1.807, 2.05) is 0 Å². The van der Waals surface area contributed by atoms with E-state index in [4.69, 9.17) is 5.11 Å². The van der Waals surface area contributed by atoms with Crippen LogP contribution in [0.3, 0.4) is 0 Å². The van der Waals surface area contributed by atoms with Crippen molar-refractivity contribution in [2.24, 2.45) is 0 Å². The number of aliphatic hydroxyl groups excluding tert-OH is 1. The maximum atomic E-state index is 8.87. The Bertz CT molecular complexity index is 758. The third kappa shape index (κ3) is 8.36. The number of aliphatic hydroxyl groups is 1. The van der Waals surface area contributed by atoms with Gasteiger partial charge in [0.05, 0.1) is 6.16 Å². The minimum atomic E-state index is -1.65. The number of unbranched alkanes of at least 4 members (excludes halogenated alkanes) is 9. The Balaban J connectivity index is 0.00000385. The first-order chi connectivity index (χ1) is 15.9. The lowest BCUT2D eigenvalue weighted by Gasteiger charge is -2.27. The van der Waals surface area contributed by atoms with Gasteiger partial charge in [0.15, 0.2) is 0 Å². The molecule has 3 aromatic carbocycles. The quantitative estimate of drug-likeness (QED) is 0.235. The zero-order valence-electron chi connectivity index (χ0n) is 19.9. The predicted molar refractivity (Wildman–Crippen MR) is 143 cm³/mol. The molecule has 0 aromatic heterocycles. The highest BCUT2D eigenvalue weighted by molar-refractivity contribution is 7.95. The molecule has 0 aliphatic rings. The molecule has 33 heavy (non-hydrogen) atoms. The first-order valence-corrected chi connectivity index (χ1v) is 14.5. The molecule has 1 N–H and O–H groups in total. The van der Waals surface area contributed by atoms with E-state index in [1.54, 1.807) is 0 Å². The fourth-order valence-electron chi connectivity index (χ4n) is 4.76. The second kappa shape index (κ2) is 16.2. The molecule has 3 rings (SSSR count). The molecule has 1 nitrogen and oxygen atoms in total. The zero-order valence-corrected chi connectivity index (χ0v) is 22.4. The van der Waals surface area contributed by atoms with Crippen LogP contribution in [0.2, 0.25) is 0 Å². The molecule has 3 aromatic rings. The SMILES string of the molecule is OCCCCCCCCCCCC[P+](c1ccccc1)(c1ccccc1)c1ccccc1.[Br-]. The van der Waals surface area contributed by atoms with Crippen molar-refractivity contribution in [2.45, 2.75) is 64.2 Å². The molecule has 0 fully saturated rings. The molecule has 0 saturated carbocycles. The number of hydrogen-bond acceptors (Lipinski definition) is 1. The fourth-order valence-corrected chi connectivity index (χ4v) is 9.17. The van der Waals surface area contributed by atoms with Gasteiger partial charge in [0.1, 0.15) is 23.2 Å². The smallest absolute Gasteiger partial charge is 0.112 e. The highest BCUT2D eigenvalue weighted by Crippen LogP contribution is 2.55. The largest absolute Gasteiger partial charge is 1.00 e. The average molecular weight is 528 g/mol. The topological polar surface area (TPSA) is 20.2 Å². The lowest BCUT2D eigenvalue weighted by molar-refractivity contribution is -0.00000757. The summed E-state index contributed by atoms with van der Waals surface area (Å²) in [4.78, 5) is 0. The highest BCUT2D eigenvalue weighted by atomic mass is 79.9. The molecule has 3 heteroatoms. The summed E-state index contributed by atoms with van der Waals surface area (Å²) in [7, 11) is -1.65. The van der Waals surface area contributed by atoms with Gasteiger partial charge in [-0.05, 0) is 55.7 Å². The van der Waals surface area contributed by atoms with Gasteiger partial charge in [0.25, 0.3) is 0 Å². The van der Waals surface area contributed by atoms with Crippen LogP contribution in [0.15, 0.2) is 91.0 Å². The Morgan fingerprint density at radius 1 is 0.424 bits per heavy atom. The molecule has 0 spiro atoms. The van der Waals surface area contributed by atoms with Crippen molar-refractivity contribution in [3.8, 4) is 0 Å².